The molecule has 0 unspecified atom stereocenters. The van der Waals surface area contributed by atoms with Crippen LogP contribution in [-0.4, -0.2) is 5.91 Å². The van der Waals surface area contributed by atoms with Crippen molar-refractivity contribution in [2.24, 2.45) is 5.73 Å². The highest BCUT2D eigenvalue weighted by Crippen LogP contribution is 2.12. The molecule has 0 aromatic carbocycles. The zero-order valence-electron chi connectivity index (χ0n) is 15.4. The van der Waals surface area contributed by atoms with Crippen molar-refractivity contribution < 1.29 is 4.79 Å². The lowest BCUT2D eigenvalue weighted by atomic mass is 10.0. The van der Waals surface area contributed by atoms with Crippen LogP contribution in [0, 0.1) is 0 Å². The molecular weight excluding hydrogens is 270 g/mol. The second-order valence-electron chi connectivity index (χ2n) is 6.16. The van der Waals surface area contributed by atoms with Crippen molar-refractivity contribution in [3.05, 3.63) is 12.7 Å². The van der Waals surface area contributed by atoms with E-state index < -0.39 is 0 Å². The number of nitrogens with two attached hydrogens (primary N) is 1. The molecule has 0 saturated heterocycles. The van der Waals surface area contributed by atoms with Gasteiger partial charge in [-0.05, 0) is 12.8 Å². The number of hydrogen-bond acceptors (Lipinski definition) is 1. The van der Waals surface area contributed by atoms with E-state index in [0.29, 0.717) is 6.42 Å². The highest BCUT2D eigenvalue weighted by molar-refractivity contribution is 5.73. The minimum absolute atomic E-state index is 0.155. The number of carbonyl (C=O) groups excluding carboxylic acids is 1. The molecule has 2 heteroatoms. The zero-order chi connectivity index (χ0) is 16.9. The van der Waals surface area contributed by atoms with Gasteiger partial charge >= 0.3 is 0 Å². The van der Waals surface area contributed by atoms with Gasteiger partial charge in [0.15, 0.2) is 0 Å². The van der Waals surface area contributed by atoms with Crippen molar-refractivity contribution in [1.29, 1.82) is 0 Å². The lowest BCUT2D eigenvalue weighted by Gasteiger charge is -2.02. The van der Waals surface area contributed by atoms with Crippen LogP contribution in [0.3, 0.4) is 0 Å². The standard InChI is InChI=1S/C16H33NO.C4H8/c1-2-3-4-5-6-7-8-9-10-11-12-13-14-15-16(17)18;1-3-4-2/h2-15H2,1H3,(H2,17,18);3H,1,4H2,2H3. The van der Waals surface area contributed by atoms with Crippen molar-refractivity contribution in [1.82, 2.24) is 0 Å². The predicted molar refractivity (Wildman–Crippen MR) is 100.0 cm³/mol. The Labute approximate surface area is 139 Å². The summed E-state index contributed by atoms with van der Waals surface area (Å²) in [7, 11) is 0. The maximum Gasteiger partial charge on any atom is 0.217 e. The van der Waals surface area contributed by atoms with E-state index in [4.69, 9.17) is 5.73 Å². The molecule has 0 rings (SSSR count). The van der Waals surface area contributed by atoms with Crippen LogP contribution < -0.4 is 5.73 Å². The summed E-state index contributed by atoms with van der Waals surface area (Å²) in [4.78, 5) is 10.5. The Morgan fingerprint density at radius 2 is 1.09 bits per heavy atom. The maximum absolute atomic E-state index is 10.5. The van der Waals surface area contributed by atoms with Crippen LogP contribution in [0.1, 0.15) is 110 Å². The second-order valence-corrected chi connectivity index (χ2v) is 6.16. The molecule has 0 aliphatic carbocycles. The fourth-order valence-electron chi connectivity index (χ4n) is 2.32. The molecule has 132 valence electrons. The first-order valence-corrected chi connectivity index (χ1v) is 9.58. The summed E-state index contributed by atoms with van der Waals surface area (Å²) in [5, 5.41) is 0. The number of unbranched alkanes of at least 4 members (excludes halogenated alkanes) is 12. The lowest BCUT2D eigenvalue weighted by Crippen LogP contribution is -2.09. The Hall–Kier alpha value is -0.790. The topological polar surface area (TPSA) is 43.1 Å². The Bertz CT molecular complexity index is 226. The van der Waals surface area contributed by atoms with Gasteiger partial charge in [0.05, 0.1) is 0 Å². The highest BCUT2D eigenvalue weighted by Gasteiger charge is 1.95. The van der Waals surface area contributed by atoms with E-state index in [9.17, 15) is 4.79 Å². The van der Waals surface area contributed by atoms with Crippen molar-refractivity contribution in [3.8, 4) is 0 Å². The molecule has 0 spiro atoms. The molecule has 0 bridgehead atoms. The SMILES string of the molecule is C=CCC.CCCCCCCCCCCCCCCC(N)=O. The minimum atomic E-state index is -0.155. The van der Waals surface area contributed by atoms with Crippen molar-refractivity contribution in [3.63, 3.8) is 0 Å². The van der Waals surface area contributed by atoms with Gasteiger partial charge in [0, 0.05) is 6.42 Å². The minimum Gasteiger partial charge on any atom is -0.370 e. The molecule has 0 aliphatic rings. The van der Waals surface area contributed by atoms with Crippen molar-refractivity contribution >= 4 is 5.91 Å². The van der Waals surface area contributed by atoms with Gasteiger partial charge in [0.25, 0.3) is 0 Å². The number of allylic oxidation sites excluding steroid dienone is 1. The summed E-state index contributed by atoms with van der Waals surface area (Å²) >= 11 is 0. The molecule has 0 aromatic rings. The molecule has 2 nitrogen and oxygen atoms in total. The van der Waals surface area contributed by atoms with E-state index in [0.717, 1.165) is 12.8 Å². The first-order chi connectivity index (χ1) is 10.7. The number of hydrogen-bond donors (Lipinski definition) is 1. The third kappa shape index (κ3) is 27.5. The van der Waals surface area contributed by atoms with Gasteiger partial charge < -0.3 is 5.73 Å². The molecule has 0 radical (unpaired) electrons. The summed E-state index contributed by atoms with van der Waals surface area (Å²) in [6.45, 7) is 7.81. The number of rotatable bonds is 15. The van der Waals surface area contributed by atoms with Gasteiger partial charge in [-0.2, -0.15) is 0 Å². The maximum atomic E-state index is 10.5. The smallest absolute Gasteiger partial charge is 0.217 e. The Morgan fingerprint density at radius 1 is 0.773 bits per heavy atom. The van der Waals surface area contributed by atoms with Gasteiger partial charge in [-0.3, -0.25) is 4.79 Å². The summed E-state index contributed by atoms with van der Waals surface area (Å²) in [6, 6.07) is 0. The van der Waals surface area contributed by atoms with Crippen LogP contribution in [0.25, 0.3) is 0 Å². The van der Waals surface area contributed by atoms with Crippen molar-refractivity contribution in [2.45, 2.75) is 110 Å². The van der Waals surface area contributed by atoms with Crippen LogP contribution in [-0.2, 0) is 4.79 Å². The molecular formula is C20H41NO. The molecule has 0 aliphatic heterocycles. The number of carbonyl (C=O) groups is 1. The van der Waals surface area contributed by atoms with Crippen LogP contribution in [0.2, 0.25) is 0 Å². The van der Waals surface area contributed by atoms with Crippen LogP contribution in [0.15, 0.2) is 12.7 Å². The zero-order valence-corrected chi connectivity index (χ0v) is 15.4. The average molecular weight is 312 g/mol. The first kappa shape index (κ1) is 23.5. The molecule has 1 amide bonds. The van der Waals surface area contributed by atoms with Crippen LogP contribution in [0.4, 0.5) is 0 Å². The number of amides is 1. The molecule has 2 N–H and O–H groups in total. The van der Waals surface area contributed by atoms with Gasteiger partial charge in [-0.25, -0.2) is 0 Å². The van der Waals surface area contributed by atoms with E-state index in [-0.39, 0.29) is 5.91 Å². The summed E-state index contributed by atoms with van der Waals surface area (Å²) in [5.41, 5.74) is 5.09. The largest absolute Gasteiger partial charge is 0.370 e. The van der Waals surface area contributed by atoms with E-state index in [1.165, 1.54) is 77.0 Å². The summed E-state index contributed by atoms with van der Waals surface area (Å²) < 4.78 is 0. The fourth-order valence-corrected chi connectivity index (χ4v) is 2.32. The predicted octanol–water partition coefficient (Wildman–Crippen LogP) is 6.54. The molecule has 0 fully saturated rings. The average Bonchev–Trinajstić information content (AvgIpc) is 2.52. The second kappa shape index (κ2) is 22.5. The lowest BCUT2D eigenvalue weighted by molar-refractivity contribution is -0.118. The molecule has 0 atom stereocenters. The van der Waals surface area contributed by atoms with Crippen LogP contribution in [0.5, 0.6) is 0 Å². The van der Waals surface area contributed by atoms with E-state index in [1.807, 2.05) is 6.08 Å². The van der Waals surface area contributed by atoms with E-state index in [2.05, 4.69) is 20.4 Å². The highest BCUT2D eigenvalue weighted by atomic mass is 16.1. The van der Waals surface area contributed by atoms with Crippen LogP contribution >= 0.6 is 0 Å². The molecule has 0 heterocycles. The van der Waals surface area contributed by atoms with Crippen molar-refractivity contribution in [2.75, 3.05) is 0 Å². The normalized spacial score (nSPS) is 9.91. The summed E-state index contributed by atoms with van der Waals surface area (Å²) in [6.07, 6.45) is 20.9. The van der Waals surface area contributed by atoms with Gasteiger partial charge in [0.1, 0.15) is 0 Å². The Morgan fingerprint density at radius 3 is 1.36 bits per heavy atom. The third-order valence-electron chi connectivity index (χ3n) is 3.82. The molecule has 0 aromatic heterocycles. The monoisotopic (exact) mass is 311 g/mol. The Kier molecular flexibility index (Phi) is 24.0. The quantitative estimate of drug-likeness (QED) is 0.271. The molecule has 0 saturated carbocycles. The van der Waals surface area contributed by atoms with E-state index >= 15 is 0 Å². The third-order valence-corrected chi connectivity index (χ3v) is 3.82. The summed E-state index contributed by atoms with van der Waals surface area (Å²) in [5.74, 6) is -0.155. The first-order valence-electron chi connectivity index (χ1n) is 9.58. The van der Waals surface area contributed by atoms with Gasteiger partial charge in [-0.1, -0.05) is 97.0 Å². The van der Waals surface area contributed by atoms with Gasteiger partial charge in [0.2, 0.25) is 5.91 Å². The number of primary amides is 1. The Balaban J connectivity index is 0. The van der Waals surface area contributed by atoms with E-state index in [1.54, 1.807) is 0 Å². The molecule has 22 heavy (non-hydrogen) atoms. The fraction of sp³-hybridized carbons (Fsp3) is 0.850. The van der Waals surface area contributed by atoms with Gasteiger partial charge in [-0.15, -0.1) is 6.58 Å².